The first-order valence-corrected chi connectivity index (χ1v) is 9.17. The summed E-state index contributed by atoms with van der Waals surface area (Å²) < 4.78 is 13.0. The van der Waals surface area contributed by atoms with Gasteiger partial charge in [-0.05, 0) is 48.4 Å². The third kappa shape index (κ3) is 3.55. The molecule has 1 aromatic carbocycles. The zero-order valence-electron chi connectivity index (χ0n) is 16.3. The van der Waals surface area contributed by atoms with Crippen molar-refractivity contribution in [1.82, 2.24) is 14.9 Å². The first kappa shape index (κ1) is 19.4. The van der Waals surface area contributed by atoms with E-state index in [9.17, 15) is 18.8 Å². The molecule has 4 rings (SSSR count). The number of rotatable bonds is 4. The average molecular weight is 404 g/mol. The van der Waals surface area contributed by atoms with Gasteiger partial charge in [-0.3, -0.25) is 24.3 Å². The van der Waals surface area contributed by atoms with Crippen LogP contribution in [0.4, 0.5) is 10.2 Å². The lowest BCUT2D eigenvalue weighted by Crippen LogP contribution is -2.24. The van der Waals surface area contributed by atoms with Crippen molar-refractivity contribution in [2.75, 3.05) is 12.4 Å². The maximum absolute atomic E-state index is 13.0. The summed E-state index contributed by atoms with van der Waals surface area (Å²) >= 11 is 0. The predicted molar refractivity (Wildman–Crippen MR) is 107 cm³/mol. The SMILES string of the molecule is Cc1cc(CC(=O)Nc2ccc(-c3ccc(F)cn3)cn2)c2c(c1)C(=O)N(C)C2=O. The number of halogens is 1. The lowest BCUT2D eigenvalue weighted by atomic mass is 9.97. The van der Waals surface area contributed by atoms with Crippen molar-refractivity contribution in [1.29, 1.82) is 0 Å². The molecule has 30 heavy (non-hydrogen) atoms. The first-order valence-electron chi connectivity index (χ1n) is 9.17. The molecule has 150 valence electrons. The second-order valence-electron chi connectivity index (χ2n) is 7.03. The molecule has 1 N–H and O–H groups in total. The third-order valence-electron chi connectivity index (χ3n) is 4.82. The Labute approximate surface area is 171 Å². The summed E-state index contributed by atoms with van der Waals surface area (Å²) in [6.45, 7) is 1.81. The molecular weight excluding hydrogens is 387 g/mol. The molecule has 0 unspecified atom stereocenters. The van der Waals surface area contributed by atoms with Crippen molar-refractivity contribution in [3.05, 3.63) is 76.9 Å². The fourth-order valence-electron chi connectivity index (χ4n) is 3.39. The van der Waals surface area contributed by atoms with Gasteiger partial charge in [-0.2, -0.15) is 0 Å². The highest BCUT2D eigenvalue weighted by atomic mass is 19.1. The molecule has 2 aromatic heterocycles. The van der Waals surface area contributed by atoms with Gasteiger partial charge in [-0.15, -0.1) is 0 Å². The van der Waals surface area contributed by atoms with Crippen LogP contribution >= 0.6 is 0 Å². The van der Waals surface area contributed by atoms with Gasteiger partial charge in [-0.1, -0.05) is 6.07 Å². The van der Waals surface area contributed by atoms with Crippen LogP contribution in [-0.4, -0.2) is 39.6 Å². The van der Waals surface area contributed by atoms with E-state index in [4.69, 9.17) is 0 Å². The topological polar surface area (TPSA) is 92.3 Å². The third-order valence-corrected chi connectivity index (χ3v) is 4.82. The van der Waals surface area contributed by atoms with Gasteiger partial charge in [0, 0.05) is 18.8 Å². The van der Waals surface area contributed by atoms with E-state index in [2.05, 4.69) is 15.3 Å². The molecule has 0 saturated heterocycles. The number of hydrogen-bond donors (Lipinski definition) is 1. The highest BCUT2D eigenvalue weighted by molar-refractivity contribution is 6.22. The van der Waals surface area contributed by atoms with E-state index in [1.165, 1.54) is 25.4 Å². The summed E-state index contributed by atoms with van der Waals surface area (Å²) in [4.78, 5) is 46.4. The molecule has 3 aromatic rings. The molecule has 1 aliphatic heterocycles. The molecule has 7 nitrogen and oxygen atoms in total. The summed E-state index contributed by atoms with van der Waals surface area (Å²) in [7, 11) is 1.42. The van der Waals surface area contributed by atoms with Crippen LogP contribution < -0.4 is 5.32 Å². The number of pyridine rings is 2. The van der Waals surface area contributed by atoms with Gasteiger partial charge in [0.15, 0.2) is 0 Å². The number of nitrogens with zero attached hydrogens (tertiary/aromatic N) is 3. The average Bonchev–Trinajstić information content (AvgIpc) is 2.93. The van der Waals surface area contributed by atoms with Crippen molar-refractivity contribution >= 4 is 23.5 Å². The minimum atomic E-state index is -0.426. The van der Waals surface area contributed by atoms with Gasteiger partial charge in [0.2, 0.25) is 5.91 Å². The molecule has 0 spiro atoms. The Balaban J connectivity index is 1.51. The van der Waals surface area contributed by atoms with Gasteiger partial charge in [0.1, 0.15) is 11.6 Å². The zero-order chi connectivity index (χ0) is 21.4. The minimum Gasteiger partial charge on any atom is -0.310 e. The standard InChI is InChI=1S/C22H17FN4O3/c1-12-7-14(20-16(8-12)21(29)27(2)22(20)30)9-19(28)26-18-6-3-13(10-25-18)17-5-4-15(23)11-24-17/h3-8,10-11H,9H2,1-2H3,(H,25,26,28). The van der Waals surface area contributed by atoms with Crippen molar-refractivity contribution in [2.45, 2.75) is 13.3 Å². The molecule has 8 heteroatoms. The van der Waals surface area contributed by atoms with Gasteiger partial charge >= 0.3 is 0 Å². The Hall–Kier alpha value is -3.94. The van der Waals surface area contributed by atoms with E-state index in [-0.39, 0.29) is 23.8 Å². The Bertz CT molecular complexity index is 1170. The van der Waals surface area contributed by atoms with Crippen LogP contribution in [0.2, 0.25) is 0 Å². The number of nitrogens with one attached hydrogen (secondary N) is 1. The van der Waals surface area contributed by atoms with E-state index < -0.39 is 11.7 Å². The Morgan fingerprint density at radius 1 is 1.07 bits per heavy atom. The van der Waals surface area contributed by atoms with Gasteiger partial charge < -0.3 is 5.32 Å². The van der Waals surface area contributed by atoms with Crippen molar-refractivity contribution < 1.29 is 18.8 Å². The fraction of sp³-hybridized carbons (Fsp3) is 0.136. The molecule has 1 aliphatic rings. The Kier molecular flexibility index (Phi) is 4.83. The predicted octanol–water partition coefficient (Wildman–Crippen LogP) is 3.00. The van der Waals surface area contributed by atoms with Gasteiger partial charge in [-0.25, -0.2) is 9.37 Å². The highest BCUT2D eigenvalue weighted by Crippen LogP contribution is 2.27. The molecule has 3 amide bonds. The summed E-state index contributed by atoms with van der Waals surface area (Å²) in [6, 6.07) is 9.56. The Morgan fingerprint density at radius 3 is 2.53 bits per heavy atom. The molecule has 0 saturated carbocycles. The highest BCUT2D eigenvalue weighted by Gasteiger charge is 2.35. The second kappa shape index (κ2) is 7.47. The normalized spacial score (nSPS) is 12.8. The van der Waals surface area contributed by atoms with Crippen LogP contribution in [0.5, 0.6) is 0 Å². The van der Waals surface area contributed by atoms with Crippen LogP contribution in [-0.2, 0) is 11.2 Å². The summed E-state index contributed by atoms with van der Waals surface area (Å²) in [5.74, 6) is -1.24. The van der Waals surface area contributed by atoms with E-state index in [0.717, 1.165) is 16.7 Å². The minimum absolute atomic E-state index is 0.0696. The van der Waals surface area contributed by atoms with Crippen LogP contribution in [0, 0.1) is 12.7 Å². The quantitative estimate of drug-likeness (QED) is 0.675. The molecule has 0 radical (unpaired) electrons. The van der Waals surface area contributed by atoms with Crippen molar-refractivity contribution in [2.24, 2.45) is 0 Å². The second-order valence-corrected chi connectivity index (χ2v) is 7.03. The maximum Gasteiger partial charge on any atom is 0.261 e. The molecule has 3 heterocycles. The van der Waals surface area contributed by atoms with Crippen molar-refractivity contribution in [3.8, 4) is 11.3 Å². The smallest absolute Gasteiger partial charge is 0.261 e. The number of carbonyl (C=O) groups excluding carboxylic acids is 3. The van der Waals surface area contributed by atoms with Gasteiger partial charge in [0.25, 0.3) is 11.8 Å². The van der Waals surface area contributed by atoms with Crippen LogP contribution in [0.25, 0.3) is 11.3 Å². The molecule has 0 fully saturated rings. The van der Waals surface area contributed by atoms with Gasteiger partial charge in [0.05, 0.1) is 29.4 Å². The summed E-state index contributed by atoms with van der Waals surface area (Å²) in [5, 5.41) is 2.69. The molecule has 0 atom stereocenters. The number of imide groups is 1. The Morgan fingerprint density at radius 2 is 1.87 bits per heavy atom. The first-order chi connectivity index (χ1) is 14.3. The van der Waals surface area contributed by atoms with E-state index in [0.29, 0.717) is 28.2 Å². The molecular formula is C22H17FN4O3. The monoisotopic (exact) mass is 404 g/mol. The summed E-state index contributed by atoms with van der Waals surface area (Å²) in [6.07, 6.45) is 2.58. The zero-order valence-corrected chi connectivity index (χ0v) is 16.3. The molecule has 0 bridgehead atoms. The number of amides is 3. The van der Waals surface area contributed by atoms with Crippen LogP contribution in [0.3, 0.4) is 0 Å². The maximum atomic E-state index is 13.0. The van der Waals surface area contributed by atoms with Crippen molar-refractivity contribution in [3.63, 3.8) is 0 Å². The lowest BCUT2D eigenvalue weighted by Gasteiger charge is -2.09. The number of hydrogen-bond acceptors (Lipinski definition) is 5. The van der Waals surface area contributed by atoms with Crippen LogP contribution in [0.15, 0.2) is 48.8 Å². The number of anilines is 1. The van der Waals surface area contributed by atoms with E-state index >= 15 is 0 Å². The number of aryl methyl sites for hydroxylation is 1. The number of fused-ring (bicyclic) bond motifs is 1. The largest absolute Gasteiger partial charge is 0.310 e. The lowest BCUT2D eigenvalue weighted by molar-refractivity contribution is -0.115. The molecule has 0 aliphatic carbocycles. The van der Waals surface area contributed by atoms with E-state index in [1.807, 2.05) is 6.92 Å². The van der Waals surface area contributed by atoms with Crippen LogP contribution in [0.1, 0.15) is 31.8 Å². The number of carbonyl (C=O) groups is 3. The summed E-state index contributed by atoms with van der Waals surface area (Å²) in [5.41, 5.74) is 3.12. The van der Waals surface area contributed by atoms with E-state index in [1.54, 1.807) is 24.3 Å². The number of aromatic nitrogens is 2. The number of benzene rings is 1. The fourth-order valence-corrected chi connectivity index (χ4v) is 3.39.